The lowest BCUT2D eigenvalue weighted by atomic mass is 9.63. The Bertz CT molecular complexity index is 1200. The fourth-order valence-electron chi connectivity index (χ4n) is 5.56. The topological polar surface area (TPSA) is 0 Å². The molecule has 1 aliphatic rings. The lowest BCUT2D eigenvalue weighted by molar-refractivity contribution is 0.332. The largest absolute Gasteiger partial charge is 0.0584 e. The van der Waals surface area contributed by atoms with Gasteiger partial charge in [-0.25, -0.2) is 0 Å². The summed E-state index contributed by atoms with van der Waals surface area (Å²) in [5.74, 6) is 0. The van der Waals surface area contributed by atoms with Crippen LogP contribution in [-0.4, -0.2) is 0 Å². The van der Waals surface area contributed by atoms with Crippen molar-refractivity contribution in [2.24, 2.45) is 0 Å². The van der Waals surface area contributed by atoms with Crippen molar-refractivity contribution in [2.75, 3.05) is 0 Å². The maximum Gasteiger partial charge on any atom is -0.00196 e. The van der Waals surface area contributed by atoms with Crippen molar-refractivity contribution in [1.82, 2.24) is 0 Å². The van der Waals surface area contributed by atoms with Crippen LogP contribution < -0.4 is 0 Å². The molecule has 0 bridgehead atoms. The van der Waals surface area contributed by atoms with Gasteiger partial charge in [-0.3, -0.25) is 0 Å². The fraction of sp³-hybridized carbons (Fsp3) is 0.486. The Balaban J connectivity index is 1.82. The summed E-state index contributed by atoms with van der Waals surface area (Å²) in [5, 5.41) is 0. The van der Waals surface area contributed by atoms with Gasteiger partial charge in [0.25, 0.3) is 0 Å². The average molecular weight is 467 g/mol. The van der Waals surface area contributed by atoms with Gasteiger partial charge in [0.05, 0.1) is 0 Å². The second-order valence-electron chi connectivity index (χ2n) is 14.3. The lowest BCUT2D eigenvalue weighted by Crippen LogP contribution is -2.33. The molecular formula is C35H46. The maximum absolute atomic E-state index is 2.52. The Labute approximate surface area is 215 Å². The molecule has 3 aromatic carbocycles. The van der Waals surface area contributed by atoms with Gasteiger partial charge in [0.15, 0.2) is 0 Å². The molecule has 3 aromatic rings. The maximum atomic E-state index is 2.52. The molecule has 0 saturated carbocycles. The second kappa shape index (κ2) is 8.65. The first kappa shape index (κ1) is 25.7. The van der Waals surface area contributed by atoms with Crippen molar-refractivity contribution in [3.05, 3.63) is 94.0 Å². The van der Waals surface area contributed by atoms with E-state index < -0.39 is 0 Å². The van der Waals surface area contributed by atoms with Crippen LogP contribution in [0, 0.1) is 0 Å². The molecule has 4 rings (SSSR count). The van der Waals surface area contributed by atoms with Crippen molar-refractivity contribution in [2.45, 2.75) is 110 Å². The highest BCUT2D eigenvalue weighted by Gasteiger charge is 2.37. The van der Waals surface area contributed by atoms with Gasteiger partial charge in [0, 0.05) is 0 Å². The van der Waals surface area contributed by atoms with E-state index in [-0.39, 0.29) is 21.7 Å². The first-order valence-electron chi connectivity index (χ1n) is 13.5. The Morgan fingerprint density at radius 2 is 1.14 bits per heavy atom. The quantitative estimate of drug-likeness (QED) is 0.360. The van der Waals surface area contributed by atoms with E-state index in [4.69, 9.17) is 0 Å². The smallest absolute Gasteiger partial charge is 0.00196 e. The van der Waals surface area contributed by atoms with E-state index in [9.17, 15) is 0 Å². The minimum absolute atomic E-state index is 0.122. The third-order valence-electron chi connectivity index (χ3n) is 8.35. The van der Waals surface area contributed by atoms with Crippen molar-refractivity contribution in [3.8, 4) is 11.1 Å². The van der Waals surface area contributed by atoms with Gasteiger partial charge in [0.2, 0.25) is 0 Å². The highest BCUT2D eigenvalue weighted by atomic mass is 14.4. The Kier molecular flexibility index (Phi) is 6.36. The summed E-state index contributed by atoms with van der Waals surface area (Å²) in [4.78, 5) is 0. The Morgan fingerprint density at radius 1 is 0.600 bits per heavy atom. The van der Waals surface area contributed by atoms with Crippen LogP contribution in [0.1, 0.15) is 115 Å². The van der Waals surface area contributed by atoms with E-state index in [1.807, 2.05) is 0 Å². The van der Waals surface area contributed by atoms with Crippen LogP contribution in [-0.2, 0) is 28.1 Å². The lowest BCUT2D eigenvalue weighted by Gasteiger charge is -2.42. The highest BCUT2D eigenvalue weighted by molar-refractivity contribution is 5.71. The summed E-state index contributed by atoms with van der Waals surface area (Å²) < 4.78 is 0. The van der Waals surface area contributed by atoms with Crippen molar-refractivity contribution < 1.29 is 0 Å². The third-order valence-corrected chi connectivity index (χ3v) is 8.35. The SMILES string of the molecule is CC(C)(C)c1ccc(Cc2ccc(C(C)(C)C)cc2-c2ccc3c(c2)C(C)(C)CCC3(C)C)cc1. The molecule has 0 nitrogen and oxygen atoms in total. The molecule has 0 spiro atoms. The molecule has 0 heterocycles. The van der Waals surface area contributed by atoms with Crippen LogP contribution in [0.3, 0.4) is 0 Å². The van der Waals surface area contributed by atoms with E-state index in [1.165, 1.54) is 57.3 Å². The van der Waals surface area contributed by atoms with Gasteiger partial charge in [-0.1, -0.05) is 130 Å². The summed E-state index contributed by atoms with van der Waals surface area (Å²) in [7, 11) is 0. The standard InChI is InChI=1S/C35H46/c1-32(2,3)27-15-11-24(12-16-27)21-25-13-17-28(33(4,5)6)23-29(25)26-14-18-30-31(22-26)35(9,10)20-19-34(30,7)8/h11-18,22-23H,19-21H2,1-10H3. The monoisotopic (exact) mass is 466 g/mol. The Morgan fingerprint density at radius 3 is 1.71 bits per heavy atom. The zero-order valence-corrected chi connectivity index (χ0v) is 23.9. The molecule has 0 atom stereocenters. The summed E-state index contributed by atoms with van der Waals surface area (Å²) in [5.41, 5.74) is 12.2. The molecule has 0 aliphatic heterocycles. The summed E-state index contributed by atoms with van der Waals surface area (Å²) in [6.07, 6.45) is 3.45. The average Bonchev–Trinajstić information content (AvgIpc) is 2.76. The molecule has 0 saturated heterocycles. The van der Waals surface area contributed by atoms with E-state index in [2.05, 4.69) is 130 Å². The molecule has 35 heavy (non-hydrogen) atoms. The van der Waals surface area contributed by atoms with E-state index in [1.54, 1.807) is 0 Å². The molecule has 0 N–H and O–H groups in total. The molecule has 0 fully saturated rings. The predicted octanol–water partition coefficient (Wildman–Crippen LogP) is 9.89. The van der Waals surface area contributed by atoms with Crippen LogP contribution >= 0.6 is 0 Å². The van der Waals surface area contributed by atoms with Gasteiger partial charge in [0.1, 0.15) is 0 Å². The highest BCUT2D eigenvalue weighted by Crippen LogP contribution is 2.47. The minimum atomic E-state index is 0.122. The van der Waals surface area contributed by atoms with E-state index in [0.717, 1.165) is 6.42 Å². The summed E-state index contributed by atoms with van der Waals surface area (Å²) in [6.45, 7) is 23.5. The molecular weight excluding hydrogens is 420 g/mol. The third kappa shape index (κ3) is 5.28. The number of rotatable bonds is 3. The van der Waals surface area contributed by atoms with Crippen LogP contribution in [0.4, 0.5) is 0 Å². The summed E-state index contributed by atoms with van der Waals surface area (Å²) in [6, 6.07) is 23.8. The summed E-state index contributed by atoms with van der Waals surface area (Å²) >= 11 is 0. The molecule has 0 heteroatoms. The molecule has 0 radical (unpaired) electrons. The molecule has 1 aliphatic carbocycles. The number of fused-ring (bicyclic) bond motifs is 1. The van der Waals surface area contributed by atoms with Gasteiger partial charge in [-0.05, 0) is 85.4 Å². The first-order chi connectivity index (χ1) is 16.1. The number of hydrogen-bond acceptors (Lipinski definition) is 0. The van der Waals surface area contributed by atoms with Crippen LogP contribution in [0.25, 0.3) is 11.1 Å². The number of hydrogen-bond donors (Lipinski definition) is 0. The zero-order valence-electron chi connectivity index (χ0n) is 23.9. The molecule has 0 unspecified atom stereocenters. The zero-order chi connectivity index (χ0) is 25.8. The minimum Gasteiger partial charge on any atom is -0.0584 e. The number of benzene rings is 3. The Hall–Kier alpha value is -2.34. The van der Waals surface area contributed by atoms with Gasteiger partial charge in [-0.2, -0.15) is 0 Å². The molecule has 186 valence electrons. The van der Waals surface area contributed by atoms with Crippen LogP contribution in [0.2, 0.25) is 0 Å². The molecule has 0 amide bonds. The molecule has 0 aromatic heterocycles. The van der Waals surface area contributed by atoms with E-state index >= 15 is 0 Å². The van der Waals surface area contributed by atoms with Gasteiger partial charge >= 0.3 is 0 Å². The fourth-order valence-corrected chi connectivity index (χ4v) is 5.56. The van der Waals surface area contributed by atoms with Crippen molar-refractivity contribution in [3.63, 3.8) is 0 Å². The van der Waals surface area contributed by atoms with Crippen LogP contribution in [0.15, 0.2) is 60.7 Å². The predicted molar refractivity (Wildman–Crippen MR) is 154 cm³/mol. The van der Waals surface area contributed by atoms with Crippen LogP contribution in [0.5, 0.6) is 0 Å². The van der Waals surface area contributed by atoms with Gasteiger partial charge in [-0.15, -0.1) is 0 Å². The van der Waals surface area contributed by atoms with Gasteiger partial charge < -0.3 is 0 Å². The van der Waals surface area contributed by atoms with E-state index in [0.29, 0.717) is 0 Å². The normalized spacial score (nSPS) is 17.2. The van der Waals surface area contributed by atoms with Crippen molar-refractivity contribution in [1.29, 1.82) is 0 Å². The first-order valence-corrected chi connectivity index (χ1v) is 13.5. The second-order valence-corrected chi connectivity index (χ2v) is 14.3. The van der Waals surface area contributed by atoms with Crippen molar-refractivity contribution >= 4 is 0 Å².